The lowest BCUT2D eigenvalue weighted by atomic mass is 10.3. The van der Waals surface area contributed by atoms with Crippen molar-refractivity contribution in [2.45, 2.75) is 19.1 Å². The Hall–Kier alpha value is -1.27. The summed E-state index contributed by atoms with van der Waals surface area (Å²) < 4.78 is 35.5. The average molecular weight is 198 g/mol. The number of carbonyl (C=O) groups is 2. The highest BCUT2D eigenvalue weighted by Gasteiger charge is 2.36. The van der Waals surface area contributed by atoms with Crippen molar-refractivity contribution in [1.29, 1.82) is 0 Å². The second-order valence-corrected chi connectivity index (χ2v) is 2.33. The summed E-state index contributed by atoms with van der Waals surface area (Å²) in [6.07, 6.45) is -4.23. The predicted molar refractivity (Wildman–Crippen MR) is 37.7 cm³/mol. The minimum Gasteiger partial charge on any atom is -0.350 e. The minimum atomic E-state index is -4.46. The van der Waals surface area contributed by atoms with Crippen LogP contribution in [0.5, 0.6) is 0 Å². The Morgan fingerprint density at radius 1 is 1.54 bits per heavy atom. The van der Waals surface area contributed by atoms with Crippen LogP contribution in [0, 0.1) is 0 Å². The van der Waals surface area contributed by atoms with E-state index < -0.39 is 24.7 Å². The lowest BCUT2D eigenvalue weighted by Gasteiger charge is -2.16. The standard InChI is InChI=1S/C6H9F3N2O2/c1-4(6(7,8)9)11-5(13)2-10-3-12/h3-4H,2H2,1H3,(H,10,12)(H,11,13). The maximum atomic E-state index is 11.8. The van der Waals surface area contributed by atoms with Crippen LogP contribution in [0.25, 0.3) is 0 Å². The zero-order valence-electron chi connectivity index (χ0n) is 6.81. The van der Waals surface area contributed by atoms with Crippen molar-refractivity contribution in [3.63, 3.8) is 0 Å². The molecule has 0 heterocycles. The van der Waals surface area contributed by atoms with Gasteiger partial charge in [0.2, 0.25) is 12.3 Å². The number of alkyl halides is 3. The minimum absolute atomic E-state index is 0.234. The summed E-state index contributed by atoms with van der Waals surface area (Å²) in [4.78, 5) is 20.3. The molecule has 1 unspecified atom stereocenters. The smallest absolute Gasteiger partial charge is 0.350 e. The van der Waals surface area contributed by atoms with E-state index in [9.17, 15) is 22.8 Å². The number of hydrogen-bond acceptors (Lipinski definition) is 2. The van der Waals surface area contributed by atoms with Crippen LogP contribution in [0.1, 0.15) is 6.92 Å². The van der Waals surface area contributed by atoms with Gasteiger partial charge in [0, 0.05) is 0 Å². The molecule has 0 bridgehead atoms. The van der Waals surface area contributed by atoms with E-state index in [4.69, 9.17) is 0 Å². The van der Waals surface area contributed by atoms with E-state index in [0.717, 1.165) is 6.92 Å². The lowest BCUT2D eigenvalue weighted by molar-refractivity contribution is -0.157. The van der Waals surface area contributed by atoms with Gasteiger partial charge in [0.15, 0.2) is 0 Å². The first-order chi connectivity index (χ1) is 5.88. The van der Waals surface area contributed by atoms with Crippen LogP contribution in [0.2, 0.25) is 0 Å². The number of rotatable bonds is 4. The van der Waals surface area contributed by atoms with E-state index in [-0.39, 0.29) is 6.41 Å². The van der Waals surface area contributed by atoms with Gasteiger partial charge < -0.3 is 10.6 Å². The summed E-state index contributed by atoms with van der Waals surface area (Å²) in [6.45, 7) is 0.364. The maximum Gasteiger partial charge on any atom is 0.408 e. The van der Waals surface area contributed by atoms with Crippen LogP contribution in [0.4, 0.5) is 13.2 Å². The molecule has 0 aliphatic carbocycles. The molecule has 76 valence electrons. The zero-order chi connectivity index (χ0) is 10.5. The Morgan fingerprint density at radius 3 is 2.46 bits per heavy atom. The molecule has 2 amide bonds. The summed E-state index contributed by atoms with van der Waals surface area (Å²) in [5, 5.41) is 3.61. The van der Waals surface area contributed by atoms with E-state index in [2.05, 4.69) is 0 Å². The fourth-order valence-electron chi connectivity index (χ4n) is 0.509. The predicted octanol–water partition coefficient (Wildman–Crippen LogP) is -0.201. The SMILES string of the molecule is CC(NC(=O)CNC=O)C(F)(F)F. The number of amides is 2. The van der Waals surface area contributed by atoms with Crippen LogP contribution in [0.15, 0.2) is 0 Å². The topological polar surface area (TPSA) is 58.2 Å². The monoisotopic (exact) mass is 198 g/mol. The summed E-state index contributed by atoms with van der Waals surface area (Å²) >= 11 is 0. The van der Waals surface area contributed by atoms with Gasteiger partial charge in [-0.25, -0.2) is 0 Å². The van der Waals surface area contributed by atoms with Crippen molar-refractivity contribution in [3.05, 3.63) is 0 Å². The van der Waals surface area contributed by atoms with Gasteiger partial charge in [-0.05, 0) is 6.92 Å². The normalized spacial score (nSPS) is 13.2. The van der Waals surface area contributed by atoms with Gasteiger partial charge in [-0.2, -0.15) is 13.2 Å². The van der Waals surface area contributed by atoms with Gasteiger partial charge in [0.25, 0.3) is 0 Å². The van der Waals surface area contributed by atoms with Gasteiger partial charge in [0.05, 0.1) is 6.54 Å². The molecule has 0 aromatic carbocycles. The molecule has 0 rings (SSSR count). The van der Waals surface area contributed by atoms with Gasteiger partial charge >= 0.3 is 6.18 Å². The van der Waals surface area contributed by atoms with E-state index >= 15 is 0 Å². The summed E-state index contributed by atoms with van der Waals surface area (Å²) in [5.41, 5.74) is 0. The van der Waals surface area contributed by atoms with Crippen LogP contribution >= 0.6 is 0 Å². The van der Waals surface area contributed by atoms with Gasteiger partial charge in [-0.3, -0.25) is 9.59 Å². The van der Waals surface area contributed by atoms with E-state index in [1.807, 2.05) is 5.32 Å². The number of carbonyl (C=O) groups excluding carboxylic acids is 2. The Balaban J connectivity index is 3.85. The third-order valence-electron chi connectivity index (χ3n) is 1.21. The Labute approximate surface area is 72.5 Å². The molecule has 0 saturated heterocycles. The number of hydrogen-bond donors (Lipinski definition) is 2. The highest BCUT2D eigenvalue weighted by atomic mass is 19.4. The molecule has 0 radical (unpaired) electrons. The first kappa shape index (κ1) is 11.7. The fourth-order valence-corrected chi connectivity index (χ4v) is 0.509. The molecule has 1 atom stereocenters. The highest BCUT2D eigenvalue weighted by molar-refractivity contribution is 5.80. The molecule has 2 N–H and O–H groups in total. The maximum absolute atomic E-state index is 11.8. The molecule has 0 saturated carbocycles. The molecular formula is C6H9F3N2O2. The number of nitrogens with one attached hydrogen (secondary N) is 2. The van der Waals surface area contributed by atoms with E-state index in [0.29, 0.717) is 0 Å². The summed E-state index contributed by atoms with van der Waals surface area (Å²) in [7, 11) is 0. The molecule has 0 aromatic rings. The van der Waals surface area contributed by atoms with E-state index in [1.165, 1.54) is 0 Å². The quantitative estimate of drug-likeness (QED) is 0.614. The molecule has 0 aromatic heterocycles. The highest BCUT2D eigenvalue weighted by Crippen LogP contribution is 2.19. The Bertz CT molecular complexity index is 193. The van der Waals surface area contributed by atoms with Crippen molar-refractivity contribution in [1.82, 2.24) is 10.6 Å². The first-order valence-corrected chi connectivity index (χ1v) is 3.41. The zero-order valence-corrected chi connectivity index (χ0v) is 6.81. The Kier molecular flexibility index (Phi) is 4.22. The molecule has 7 heteroatoms. The molecule has 13 heavy (non-hydrogen) atoms. The third-order valence-corrected chi connectivity index (χ3v) is 1.21. The second-order valence-electron chi connectivity index (χ2n) is 2.33. The Morgan fingerprint density at radius 2 is 2.08 bits per heavy atom. The molecule has 0 aliphatic heterocycles. The molecule has 4 nitrogen and oxygen atoms in total. The first-order valence-electron chi connectivity index (χ1n) is 3.41. The van der Waals surface area contributed by atoms with Gasteiger partial charge in [0.1, 0.15) is 6.04 Å². The van der Waals surface area contributed by atoms with Crippen LogP contribution in [-0.2, 0) is 9.59 Å². The van der Waals surface area contributed by atoms with Gasteiger partial charge in [-0.1, -0.05) is 0 Å². The van der Waals surface area contributed by atoms with Crippen molar-refractivity contribution < 1.29 is 22.8 Å². The lowest BCUT2D eigenvalue weighted by Crippen LogP contribution is -2.46. The summed E-state index contributed by atoms with van der Waals surface area (Å²) in [5.74, 6) is -0.878. The third kappa shape index (κ3) is 5.05. The van der Waals surface area contributed by atoms with Crippen LogP contribution in [0.3, 0.4) is 0 Å². The summed E-state index contributed by atoms with van der Waals surface area (Å²) in [6, 6.07) is -1.91. The van der Waals surface area contributed by atoms with Crippen LogP contribution < -0.4 is 10.6 Å². The largest absolute Gasteiger partial charge is 0.408 e. The fraction of sp³-hybridized carbons (Fsp3) is 0.667. The molecule has 0 fully saturated rings. The molecular weight excluding hydrogens is 189 g/mol. The molecule has 0 spiro atoms. The van der Waals surface area contributed by atoms with Crippen molar-refractivity contribution in [2.75, 3.05) is 6.54 Å². The molecule has 0 aliphatic rings. The number of halogens is 3. The van der Waals surface area contributed by atoms with Crippen molar-refractivity contribution in [3.8, 4) is 0 Å². The van der Waals surface area contributed by atoms with E-state index in [1.54, 1.807) is 5.32 Å². The van der Waals surface area contributed by atoms with Crippen molar-refractivity contribution >= 4 is 12.3 Å². The van der Waals surface area contributed by atoms with Gasteiger partial charge in [-0.15, -0.1) is 0 Å². The van der Waals surface area contributed by atoms with Crippen LogP contribution in [-0.4, -0.2) is 31.1 Å². The second kappa shape index (κ2) is 4.68. The van der Waals surface area contributed by atoms with Crippen molar-refractivity contribution in [2.24, 2.45) is 0 Å². The average Bonchev–Trinajstić information content (AvgIpc) is 1.99.